The van der Waals surface area contributed by atoms with Crippen LogP contribution in [0.25, 0.3) is 16.9 Å². The summed E-state index contributed by atoms with van der Waals surface area (Å²) in [6, 6.07) is 12.8. The number of benzene rings is 2. The number of amides is 2. The van der Waals surface area contributed by atoms with Gasteiger partial charge in [0.25, 0.3) is 11.8 Å². The number of hydrogen-bond acceptors (Lipinski definition) is 6. The predicted molar refractivity (Wildman–Crippen MR) is 134 cm³/mol. The maximum absolute atomic E-state index is 13.2. The van der Waals surface area contributed by atoms with Crippen molar-refractivity contribution in [2.45, 2.75) is 19.8 Å². The Kier molecular flexibility index (Phi) is 6.16. The Morgan fingerprint density at radius 2 is 1.81 bits per heavy atom. The van der Waals surface area contributed by atoms with E-state index in [-0.39, 0.29) is 5.91 Å². The highest BCUT2D eigenvalue weighted by Crippen LogP contribution is 2.35. The number of nitrogens with two attached hydrogens (primary N) is 1. The number of carbonyl (C=O) groups is 2. The number of aryl methyl sites for hydroxylation is 1. The first kappa shape index (κ1) is 23.2. The van der Waals surface area contributed by atoms with Gasteiger partial charge in [-0.2, -0.15) is 10.2 Å². The van der Waals surface area contributed by atoms with E-state index in [9.17, 15) is 9.59 Å². The molecule has 10 heteroatoms. The van der Waals surface area contributed by atoms with Crippen LogP contribution in [0, 0.1) is 0 Å². The number of fused-ring (bicyclic) bond motifs is 1. The van der Waals surface area contributed by atoms with E-state index in [0.717, 1.165) is 23.4 Å². The SMILES string of the molecule is CCc1c(C(N)=O)cnn1-c1ccc(NC(=O)c2cn(C)nc2-c2ccc3c(c2)OCCCO3)cc1. The Bertz CT molecular complexity index is 1440. The summed E-state index contributed by atoms with van der Waals surface area (Å²) in [5, 5.41) is 11.7. The van der Waals surface area contributed by atoms with Crippen LogP contribution in [-0.4, -0.2) is 44.6 Å². The molecule has 0 atom stereocenters. The molecule has 0 radical (unpaired) electrons. The summed E-state index contributed by atoms with van der Waals surface area (Å²) in [7, 11) is 1.77. The zero-order valence-corrected chi connectivity index (χ0v) is 20.0. The van der Waals surface area contributed by atoms with Crippen molar-refractivity contribution in [2.75, 3.05) is 18.5 Å². The van der Waals surface area contributed by atoms with Crippen molar-refractivity contribution in [1.29, 1.82) is 0 Å². The first-order valence-corrected chi connectivity index (χ1v) is 11.7. The number of ether oxygens (including phenoxy) is 2. The van der Waals surface area contributed by atoms with Gasteiger partial charge in [-0.3, -0.25) is 14.3 Å². The molecule has 0 saturated heterocycles. The van der Waals surface area contributed by atoms with Crippen molar-refractivity contribution < 1.29 is 19.1 Å². The van der Waals surface area contributed by atoms with Gasteiger partial charge >= 0.3 is 0 Å². The van der Waals surface area contributed by atoms with Gasteiger partial charge < -0.3 is 20.5 Å². The normalized spacial score (nSPS) is 12.7. The van der Waals surface area contributed by atoms with Gasteiger partial charge in [0, 0.05) is 30.9 Å². The number of hydrogen-bond donors (Lipinski definition) is 2. The largest absolute Gasteiger partial charge is 0.490 e. The molecule has 2 aromatic carbocycles. The van der Waals surface area contributed by atoms with E-state index in [1.807, 2.05) is 37.3 Å². The summed E-state index contributed by atoms with van der Waals surface area (Å²) in [4.78, 5) is 24.9. The Labute approximate surface area is 207 Å². The summed E-state index contributed by atoms with van der Waals surface area (Å²) in [5.74, 6) is 0.525. The van der Waals surface area contributed by atoms with Crippen molar-refractivity contribution in [3.8, 4) is 28.4 Å². The lowest BCUT2D eigenvalue weighted by Gasteiger charge is -2.10. The van der Waals surface area contributed by atoms with Crippen molar-refractivity contribution in [3.05, 3.63) is 71.7 Å². The third-order valence-corrected chi connectivity index (χ3v) is 5.93. The first-order valence-electron chi connectivity index (χ1n) is 11.7. The molecular weight excluding hydrogens is 460 g/mol. The van der Waals surface area contributed by atoms with Crippen LogP contribution in [0.1, 0.15) is 39.8 Å². The highest BCUT2D eigenvalue weighted by molar-refractivity contribution is 6.08. The molecule has 0 fully saturated rings. The maximum Gasteiger partial charge on any atom is 0.259 e. The fraction of sp³-hybridized carbons (Fsp3) is 0.231. The molecule has 2 aromatic heterocycles. The summed E-state index contributed by atoms with van der Waals surface area (Å²) in [6.07, 6.45) is 4.57. The fourth-order valence-electron chi connectivity index (χ4n) is 4.21. The number of primary amides is 1. The van der Waals surface area contributed by atoms with E-state index in [0.29, 0.717) is 53.6 Å². The fourth-order valence-corrected chi connectivity index (χ4v) is 4.21. The minimum absolute atomic E-state index is 0.290. The molecular formula is C26H26N6O4. The van der Waals surface area contributed by atoms with Gasteiger partial charge in [0.1, 0.15) is 5.69 Å². The van der Waals surface area contributed by atoms with Gasteiger partial charge in [-0.15, -0.1) is 0 Å². The van der Waals surface area contributed by atoms with E-state index < -0.39 is 5.91 Å². The molecule has 0 saturated carbocycles. The first-order chi connectivity index (χ1) is 17.4. The molecule has 36 heavy (non-hydrogen) atoms. The highest BCUT2D eigenvalue weighted by Gasteiger charge is 2.20. The third-order valence-electron chi connectivity index (χ3n) is 5.93. The van der Waals surface area contributed by atoms with Crippen LogP contribution in [0.3, 0.4) is 0 Å². The second-order valence-electron chi connectivity index (χ2n) is 8.41. The van der Waals surface area contributed by atoms with Crippen LogP contribution in [0.5, 0.6) is 11.5 Å². The zero-order valence-electron chi connectivity index (χ0n) is 20.0. The van der Waals surface area contributed by atoms with Gasteiger partial charge in [0.2, 0.25) is 0 Å². The summed E-state index contributed by atoms with van der Waals surface area (Å²) in [5.41, 5.74) is 9.69. The predicted octanol–water partition coefficient (Wildman–Crippen LogP) is 3.35. The van der Waals surface area contributed by atoms with Crippen LogP contribution < -0.4 is 20.5 Å². The standard InChI is InChI=1S/C26H26N6O4/c1-3-21-19(25(27)33)14-28-32(21)18-8-6-17(7-9-18)29-26(34)20-15-31(2)30-24(20)16-5-10-22-23(13-16)36-12-4-11-35-22/h5-10,13-15H,3-4,11-12H2,1-2H3,(H2,27,33)(H,29,34). The Morgan fingerprint density at radius 1 is 1.06 bits per heavy atom. The average molecular weight is 487 g/mol. The van der Waals surface area contributed by atoms with Crippen LogP contribution in [0.2, 0.25) is 0 Å². The second kappa shape index (κ2) is 9.57. The van der Waals surface area contributed by atoms with Gasteiger partial charge in [-0.25, -0.2) is 4.68 Å². The molecule has 0 unspecified atom stereocenters. The molecule has 1 aliphatic heterocycles. The average Bonchev–Trinajstić information content (AvgIpc) is 3.41. The third kappa shape index (κ3) is 4.40. The Morgan fingerprint density at radius 3 is 2.53 bits per heavy atom. The van der Waals surface area contributed by atoms with Crippen LogP contribution >= 0.6 is 0 Å². The van der Waals surface area contributed by atoms with Crippen LogP contribution in [0.15, 0.2) is 54.9 Å². The van der Waals surface area contributed by atoms with Gasteiger partial charge in [0.05, 0.1) is 41.9 Å². The lowest BCUT2D eigenvalue weighted by Crippen LogP contribution is -2.14. The second-order valence-corrected chi connectivity index (χ2v) is 8.41. The van der Waals surface area contributed by atoms with Crippen molar-refractivity contribution in [2.24, 2.45) is 12.8 Å². The lowest BCUT2D eigenvalue weighted by molar-refractivity contribution is 0.0996. The Hall–Kier alpha value is -4.60. The summed E-state index contributed by atoms with van der Waals surface area (Å²) in [6.45, 7) is 3.11. The Balaban J connectivity index is 1.38. The molecule has 10 nitrogen and oxygen atoms in total. The monoisotopic (exact) mass is 486 g/mol. The van der Waals surface area contributed by atoms with E-state index >= 15 is 0 Å². The molecule has 1 aliphatic rings. The highest BCUT2D eigenvalue weighted by atomic mass is 16.5. The van der Waals surface area contributed by atoms with E-state index in [1.165, 1.54) is 6.20 Å². The van der Waals surface area contributed by atoms with E-state index in [1.54, 1.807) is 34.7 Å². The molecule has 0 bridgehead atoms. The molecule has 5 rings (SSSR count). The summed E-state index contributed by atoms with van der Waals surface area (Å²) >= 11 is 0. The minimum atomic E-state index is -0.511. The zero-order chi connectivity index (χ0) is 25.2. The molecule has 3 N–H and O–H groups in total. The smallest absolute Gasteiger partial charge is 0.259 e. The molecule has 0 spiro atoms. The number of aromatic nitrogens is 4. The van der Waals surface area contributed by atoms with Crippen LogP contribution in [0.4, 0.5) is 5.69 Å². The van der Waals surface area contributed by atoms with Crippen molar-refractivity contribution >= 4 is 17.5 Å². The van der Waals surface area contributed by atoms with Gasteiger partial charge in [-0.1, -0.05) is 6.92 Å². The molecule has 0 aliphatic carbocycles. The minimum Gasteiger partial charge on any atom is -0.490 e. The summed E-state index contributed by atoms with van der Waals surface area (Å²) < 4.78 is 14.8. The number of anilines is 1. The molecule has 2 amide bonds. The molecule has 4 aromatic rings. The number of carbonyl (C=O) groups excluding carboxylic acids is 2. The van der Waals surface area contributed by atoms with E-state index in [4.69, 9.17) is 15.2 Å². The quantitative estimate of drug-likeness (QED) is 0.430. The number of nitrogens with zero attached hydrogens (tertiary/aromatic N) is 4. The number of nitrogens with one attached hydrogen (secondary N) is 1. The molecule has 184 valence electrons. The van der Waals surface area contributed by atoms with Crippen molar-refractivity contribution in [1.82, 2.24) is 19.6 Å². The van der Waals surface area contributed by atoms with E-state index in [2.05, 4.69) is 15.5 Å². The topological polar surface area (TPSA) is 126 Å². The van der Waals surface area contributed by atoms with Gasteiger partial charge in [-0.05, 0) is 48.9 Å². The molecule has 3 heterocycles. The van der Waals surface area contributed by atoms with Gasteiger partial charge in [0.15, 0.2) is 11.5 Å². The van der Waals surface area contributed by atoms with Crippen LogP contribution in [-0.2, 0) is 13.5 Å². The number of rotatable bonds is 6. The van der Waals surface area contributed by atoms with Crippen molar-refractivity contribution in [3.63, 3.8) is 0 Å². The maximum atomic E-state index is 13.2. The lowest BCUT2D eigenvalue weighted by atomic mass is 10.1.